The average molecular weight is 1020 g/mol. The molecular formula is C49H59N12O11P. The van der Waals surface area contributed by atoms with E-state index in [9.17, 15) is 24.3 Å². The van der Waals surface area contributed by atoms with Crippen molar-refractivity contribution in [3.05, 3.63) is 96.1 Å². The maximum atomic E-state index is 12.9. The molecule has 0 bridgehead atoms. The van der Waals surface area contributed by atoms with Crippen LogP contribution in [0.25, 0.3) is 22.3 Å². The van der Waals surface area contributed by atoms with Gasteiger partial charge in [-0.05, 0) is 64.8 Å². The van der Waals surface area contributed by atoms with Crippen molar-refractivity contribution in [1.82, 2.24) is 43.7 Å². The van der Waals surface area contributed by atoms with Crippen molar-refractivity contribution in [2.45, 2.75) is 123 Å². The molecule has 2 amide bonds. The van der Waals surface area contributed by atoms with Crippen molar-refractivity contribution in [3.8, 4) is 6.07 Å². The van der Waals surface area contributed by atoms with Crippen molar-refractivity contribution < 1.29 is 52.3 Å². The summed E-state index contributed by atoms with van der Waals surface area (Å²) in [5.41, 5.74) is 2.04. The van der Waals surface area contributed by atoms with E-state index < -0.39 is 50.8 Å². The molecule has 4 aromatic heterocycles. The number of hydrogen-bond donors (Lipinski definition) is 3. The molecule has 0 radical (unpaired) electrons. The SMILES string of the molecule is CC[C@H]1O[C@@H](n2cnc3c(NC(=O)c4ccccc4)nc(C(=O)OC)nc32)CC1O.CC[C@H]1O[C@@H](n2cnc3c(NC(=O)c4ccccc4)nc(C(=O)OC)nc32)CC1OP(OCCC#N)N(C(C)C)C(C)C. The van der Waals surface area contributed by atoms with Gasteiger partial charge in [0, 0.05) is 36.1 Å². The van der Waals surface area contributed by atoms with E-state index in [1.54, 1.807) is 70.1 Å². The van der Waals surface area contributed by atoms with Crippen LogP contribution in [0.15, 0.2) is 73.3 Å². The second-order valence-electron chi connectivity index (χ2n) is 17.4. The summed E-state index contributed by atoms with van der Waals surface area (Å²) in [5.74, 6) is -2.61. The van der Waals surface area contributed by atoms with Crippen molar-refractivity contribution in [1.29, 1.82) is 5.26 Å². The van der Waals surface area contributed by atoms with Gasteiger partial charge in [-0.15, -0.1) is 0 Å². The minimum Gasteiger partial charge on any atom is -0.463 e. The molecule has 0 aliphatic carbocycles. The van der Waals surface area contributed by atoms with Crippen LogP contribution in [0.4, 0.5) is 11.6 Å². The van der Waals surface area contributed by atoms with Gasteiger partial charge >= 0.3 is 11.9 Å². The third-order valence-electron chi connectivity index (χ3n) is 11.8. The van der Waals surface area contributed by atoms with Crippen molar-refractivity contribution >= 4 is 66.2 Å². The standard InChI is InChI=1S/C29H38N7O6P.C20H21N5O5/c1-7-21-22(42-43(40-15-11-14-30)36(18(2)3)19(4)5)16-23(41-21)35-17-31-24-25(32-26(29(38)39-6)33-27(24)35)34-28(37)20-12-9-8-10-13-20;1-3-13-12(26)9-14(30-13)25-10-21-15-16(22-17(20(28)29-2)23-18(15)25)24-19(27)11-7-5-4-6-8-11/h8-10,12-13,17-19,21-23H,7,11,15-16H2,1-6H3,(H,32,33,34,37);4-8,10,12-14,26H,3,9H2,1-2H3,(H,22,23,24,27)/t21-,22?,23-,43?;12?,13-,14-/m11/s1. The second kappa shape index (κ2) is 24.7. The Morgan fingerprint density at radius 3 is 1.64 bits per heavy atom. The van der Waals surface area contributed by atoms with Crippen LogP contribution in [0.1, 0.15) is 128 Å². The van der Waals surface area contributed by atoms with Gasteiger partial charge in [-0.1, -0.05) is 50.2 Å². The number of fused-ring (bicyclic) bond motifs is 2. The largest absolute Gasteiger partial charge is 0.463 e. The molecule has 2 aliphatic heterocycles. The molecule has 6 heterocycles. The summed E-state index contributed by atoms with van der Waals surface area (Å²) in [6.07, 6.45) is 2.94. The molecule has 386 valence electrons. The Balaban J connectivity index is 0.000000227. The lowest BCUT2D eigenvalue weighted by atomic mass is 10.1. The molecule has 8 rings (SSSR count). The number of nitriles is 1. The Kier molecular flexibility index (Phi) is 18.2. The van der Waals surface area contributed by atoms with Gasteiger partial charge in [-0.25, -0.2) is 44.2 Å². The van der Waals surface area contributed by atoms with Crippen LogP contribution in [-0.4, -0.2) is 130 Å². The Morgan fingerprint density at radius 2 is 1.22 bits per heavy atom. The number of carbonyl (C=O) groups excluding carboxylic acids is 4. The quantitative estimate of drug-likeness (QED) is 0.0438. The zero-order chi connectivity index (χ0) is 52.3. The molecule has 24 heteroatoms. The minimum absolute atomic E-state index is 0.0785. The number of rotatable bonds is 18. The van der Waals surface area contributed by atoms with Crippen LogP contribution < -0.4 is 10.6 Å². The average Bonchev–Trinajstić information content (AvgIpc) is 4.21. The van der Waals surface area contributed by atoms with Crippen molar-refractivity contribution in [2.24, 2.45) is 0 Å². The first-order chi connectivity index (χ1) is 35.2. The fourth-order valence-corrected chi connectivity index (χ4v) is 10.1. The van der Waals surface area contributed by atoms with Crippen LogP contribution in [0.3, 0.4) is 0 Å². The molecule has 0 saturated carbocycles. The molecule has 3 N–H and O–H groups in total. The summed E-state index contributed by atoms with van der Waals surface area (Å²) in [7, 11) is 0.974. The number of hydrogen-bond acceptors (Lipinski definition) is 19. The fourth-order valence-electron chi connectivity index (χ4n) is 8.34. The van der Waals surface area contributed by atoms with E-state index >= 15 is 0 Å². The molecule has 2 saturated heterocycles. The smallest absolute Gasteiger partial charge is 0.376 e. The van der Waals surface area contributed by atoms with Gasteiger partial charge < -0.3 is 43.7 Å². The monoisotopic (exact) mass is 1020 g/mol. The van der Waals surface area contributed by atoms with Crippen LogP contribution in [0, 0.1) is 11.3 Å². The highest BCUT2D eigenvalue weighted by molar-refractivity contribution is 7.44. The number of imidazole rings is 2. The Hall–Kier alpha value is -6.90. The summed E-state index contributed by atoms with van der Waals surface area (Å²) in [6.45, 7) is 12.6. The Morgan fingerprint density at radius 1 is 0.753 bits per heavy atom. The number of nitrogens with one attached hydrogen (secondary N) is 2. The molecule has 0 spiro atoms. The van der Waals surface area contributed by atoms with E-state index in [0.29, 0.717) is 59.1 Å². The van der Waals surface area contributed by atoms with E-state index in [4.69, 9.17) is 33.3 Å². The number of ether oxygens (including phenoxy) is 4. The van der Waals surface area contributed by atoms with Crippen molar-refractivity contribution in [3.63, 3.8) is 0 Å². The first-order valence-corrected chi connectivity index (χ1v) is 24.9. The van der Waals surface area contributed by atoms with E-state index in [-0.39, 0.29) is 66.7 Å². The highest BCUT2D eigenvalue weighted by Gasteiger charge is 2.41. The number of aliphatic hydroxyl groups is 1. The number of nitrogens with zero attached hydrogens (tertiary/aromatic N) is 10. The first kappa shape index (κ1) is 53.9. The third kappa shape index (κ3) is 12.5. The number of aromatic nitrogens is 8. The maximum Gasteiger partial charge on any atom is 0.376 e. The molecule has 23 nitrogen and oxygen atoms in total. The van der Waals surface area contributed by atoms with Gasteiger partial charge in [0.15, 0.2) is 34.0 Å². The lowest BCUT2D eigenvalue weighted by Gasteiger charge is -2.37. The summed E-state index contributed by atoms with van der Waals surface area (Å²) >= 11 is 0. The van der Waals surface area contributed by atoms with E-state index in [2.05, 4.69) is 79.0 Å². The lowest BCUT2D eigenvalue weighted by molar-refractivity contribution is -0.0183. The van der Waals surface area contributed by atoms with Gasteiger partial charge in [0.25, 0.3) is 20.3 Å². The molecular weight excluding hydrogens is 964 g/mol. The number of amides is 2. The van der Waals surface area contributed by atoms with Gasteiger partial charge in [0.2, 0.25) is 11.6 Å². The predicted octanol–water partition coefficient (Wildman–Crippen LogP) is 7.15. The number of benzene rings is 2. The topological polar surface area (TPSA) is 282 Å². The highest BCUT2D eigenvalue weighted by atomic mass is 31.2. The minimum atomic E-state index is -1.48. The predicted molar refractivity (Wildman–Crippen MR) is 266 cm³/mol. The van der Waals surface area contributed by atoms with Crippen LogP contribution in [0.5, 0.6) is 0 Å². The number of carbonyl (C=O) groups is 4. The van der Waals surface area contributed by atoms with Crippen LogP contribution in [0.2, 0.25) is 0 Å². The van der Waals surface area contributed by atoms with Gasteiger partial charge in [-0.3, -0.25) is 18.7 Å². The van der Waals surface area contributed by atoms with E-state index in [1.165, 1.54) is 20.5 Å². The summed E-state index contributed by atoms with van der Waals surface area (Å²) < 4.78 is 40.2. The highest BCUT2D eigenvalue weighted by Crippen LogP contribution is 2.50. The first-order valence-electron chi connectivity index (χ1n) is 23.8. The number of anilines is 2. The summed E-state index contributed by atoms with van der Waals surface area (Å²) in [6, 6.07) is 19.7. The van der Waals surface area contributed by atoms with Crippen LogP contribution in [-0.2, 0) is 28.0 Å². The Labute approximate surface area is 422 Å². The number of esters is 2. The normalized spacial score (nSPS) is 19.9. The lowest BCUT2D eigenvalue weighted by Crippen LogP contribution is -2.35. The Bertz CT molecular complexity index is 2910. The molecule has 3 unspecified atom stereocenters. The van der Waals surface area contributed by atoms with Gasteiger partial charge in [0.05, 0.1) is 70.4 Å². The number of methoxy groups -OCH3 is 2. The summed E-state index contributed by atoms with van der Waals surface area (Å²) in [5, 5.41) is 24.7. The molecule has 73 heavy (non-hydrogen) atoms. The zero-order valence-corrected chi connectivity index (χ0v) is 42.6. The number of aliphatic hydroxyl groups excluding tert-OH is 1. The van der Waals surface area contributed by atoms with Crippen LogP contribution >= 0.6 is 8.53 Å². The molecule has 2 aliphatic rings. The van der Waals surface area contributed by atoms with Gasteiger partial charge in [-0.2, -0.15) is 5.26 Å². The van der Waals surface area contributed by atoms with Gasteiger partial charge in [0.1, 0.15) is 12.5 Å². The van der Waals surface area contributed by atoms with E-state index in [0.717, 1.165) is 0 Å². The molecule has 6 aromatic rings. The molecule has 2 aromatic carbocycles. The zero-order valence-electron chi connectivity index (χ0n) is 41.7. The molecule has 7 atom stereocenters. The maximum absolute atomic E-state index is 12.9. The van der Waals surface area contributed by atoms with E-state index in [1.807, 2.05) is 19.9 Å². The van der Waals surface area contributed by atoms with Crippen molar-refractivity contribution in [2.75, 3.05) is 31.5 Å². The fraction of sp³-hybridized carbons (Fsp3) is 0.449. The summed E-state index contributed by atoms with van der Waals surface area (Å²) in [4.78, 5) is 76.1. The molecule has 2 fully saturated rings. The second-order valence-corrected chi connectivity index (χ2v) is 18.8. The third-order valence-corrected chi connectivity index (χ3v) is 14.0.